The average molecular weight is 249 g/mol. The summed E-state index contributed by atoms with van der Waals surface area (Å²) < 4.78 is 0. The highest BCUT2D eigenvalue weighted by atomic mass is 16.3. The first-order chi connectivity index (χ1) is 8.63. The number of pyridine rings is 1. The molecule has 0 aliphatic heterocycles. The van der Waals surface area contributed by atoms with Crippen LogP contribution < -0.4 is 11.1 Å². The summed E-state index contributed by atoms with van der Waals surface area (Å²) in [7, 11) is 0. The number of hydrogen-bond donors (Lipinski definition) is 3. The van der Waals surface area contributed by atoms with Crippen LogP contribution in [0.3, 0.4) is 0 Å². The highest BCUT2D eigenvalue weighted by Gasteiger charge is 2.33. The Labute approximate surface area is 109 Å². The van der Waals surface area contributed by atoms with E-state index in [2.05, 4.69) is 17.2 Å². The van der Waals surface area contributed by atoms with Crippen molar-refractivity contribution in [2.24, 2.45) is 0 Å². The third-order valence-corrected chi connectivity index (χ3v) is 3.87. The molecule has 100 valence electrons. The zero-order valence-electron chi connectivity index (χ0n) is 11.0. The second-order valence-corrected chi connectivity index (χ2v) is 5.31. The third-order valence-electron chi connectivity index (χ3n) is 3.87. The van der Waals surface area contributed by atoms with E-state index in [0.29, 0.717) is 12.5 Å². The van der Waals surface area contributed by atoms with Gasteiger partial charge in [0.05, 0.1) is 5.60 Å². The number of rotatable bonds is 4. The minimum atomic E-state index is -0.608. The molecular weight excluding hydrogens is 226 g/mol. The van der Waals surface area contributed by atoms with E-state index in [1.165, 1.54) is 0 Å². The monoisotopic (exact) mass is 249 g/mol. The molecule has 0 unspecified atom stereocenters. The van der Waals surface area contributed by atoms with Gasteiger partial charge in [-0.25, -0.2) is 0 Å². The van der Waals surface area contributed by atoms with Crippen LogP contribution in [0.15, 0.2) is 18.5 Å². The quantitative estimate of drug-likeness (QED) is 0.756. The van der Waals surface area contributed by atoms with Crippen LogP contribution in [0.5, 0.6) is 0 Å². The summed E-state index contributed by atoms with van der Waals surface area (Å²) in [4.78, 5) is 4.08. The van der Waals surface area contributed by atoms with Crippen molar-refractivity contribution in [2.45, 2.75) is 50.7 Å². The fraction of sp³-hybridized carbons (Fsp3) is 0.643. The smallest absolute Gasteiger partial charge is 0.0690 e. The number of aliphatic hydroxyl groups is 1. The van der Waals surface area contributed by atoms with E-state index < -0.39 is 5.60 Å². The molecular formula is C14H23N3O. The number of nitrogens with one attached hydrogen (secondary N) is 1. The van der Waals surface area contributed by atoms with Crippen LogP contribution in [0.4, 0.5) is 5.69 Å². The number of nitrogens with zero attached hydrogens (tertiary/aromatic N) is 1. The molecule has 18 heavy (non-hydrogen) atoms. The van der Waals surface area contributed by atoms with Crippen LogP contribution in [0.1, 0.15) is 38.2 Å². The Morgan fingerprint density at radius 1 is 1.50 bits per heavy atom. The molecule has 1 fully saturated rings. The maximum absolute atomic E-state index is 10.6. The predicted octanol–water partition coefficient (Wildman–Crippen LogP) is 1.49. The lowest BCUT2D eigenvalue weighted by atomic mass is 9.78. The van der Waals surface area contributed by atoms with Gasteiger partial charge >= 0.3 is 0 Å². The molecule has 0 bridgehead atoms. The van der Waals surface area contributed by atoms with Crippen molar-refractivity contribution >= 4 is 5.69 Å². The third kappa shape index (κ3) is 3.21. The molecule has 1 heterocycles. The molecule has 0 aromatic carbocycles. The van der Waals surface area contributed by atoms with Crippen molar-refractivity contribution in [3.8, 4) is 0 Å². The van der Waals surface area contributed by atoms with Gasteiger partial charge in [-0.05, 0) is 43.9 Å². The standard InChI is InChI=1S/C14H23N3O/c1-2-17-12-3-6-14(18,7-4-12)9-11-10-16-8-5-13(11)15/h5,8,10,12,17-18H,2-4,6-7,9H2,1H3,(H2,15,16). The first-order valence-electron chi connectivity index (χ1n) is 6.77. The number of nitrogen functional groups attached to an aromatic ring is 1. The van der Waals surface area contributed by atoms with Gasteiger partial charge in [-0.3, -0.25) is 4.98 Å². The molecule has 0 saturated heterocycles. The average Bonchev–Trinajstić information content (AvgIpc) is 2.36. The summed E-state index contributed by atoms with van der Waals surface area (Å²) in [5, 5.41) is 14.1. The van der Waals surface area contributed by atoms with Crippen LogP contribution in [0, 0.1) is 0 Å². The van der Waals surface area contributed by atoms with Gasteiger partial charge in [0, 0.05) is 30.5 Å². The fourth-order valence-electron chi connectivity index (χ4n) is 2.76. The van der Waals surface area contributed by atoms with Gasteiger partial charge < -0.3 is 16.2 Å². The Bertz CT molecular complexity index is 386. The molecule has 0 radical (unpaired) electrons. The van der Waals surface area contributed by atoms with E-state index >= 15 is 0 Å². The Hall–Kier alpha value is -1.13. The minimum Gasteiger partial charge on any atom is -0.398 e. The molecule has 1 aliphatic carbocycles. The zero-order valence-corrected chi connectivity index (χ0v) is 11.0. The van der Waals surface area contributed by atoms with Gasteiger partial charge in [0.2, 0.25) is 0 Å². The second-order valence-electron chi connectivity index (χ2n) is 5.31. The SMILES string of the molecule is CCNC1CCC(O)(Cc2cnccc2N)CC1. The maximum atomic E-state index is 10.6. The molecule has 4 N–H and O–H groups in total. The molecule has 1 aromatic rings. The van der Waals surface area contributed by atoms with Gasteiger partial charge in [-0.15, -0.1) is 0 Å². The van der Waals surface area contributed by atoms with E-state index in [0.717, 1.165) is 43.5 Å². The summed E-state index contributed by atoms with van der Waals surface area (Å²) in [6, 6.07) is 2.35. The van der Waals surface area contributed by atoms with E-state index in [1.54, 1.807) is 18.5 Å². The summed E-state index contributed by atoms with van der Waals surface area (Å²) in [5.41, 5.74) is 6.99. The topological polar surface area (TPSA) is 71.2 Å². The van der Waals surface area contributed by atoms with Gasteiger partial charge in [0.1, 0.15) is 0 Å². The van der Waals surface area contributed by atoms with E-state index in [9.17, 15) is 5.11 Å². The Kier molecular flexibility index (Phi) is 4.19. The normalized spacial score (nSPS) is 28.2. The van der Waals surface area contributed by atoms with Crippen LogP contribution in [-0.4, -0.2) is 28.3 Å². The molecule has 2 rings (SSSR count). The lowest BCUT2D eigenvalue weighted by molar-refractivity contribution is -0.00288. The van der Waals surface area contributed by atoms with Crippen LogP contribution in [-0.2, 0) is 6.42 Å². The summed E-state index contributed by atoms with van der Waals surface area (Å²) in [6.45, 7) is 3.12. The predicted molar refractivity (Wildman–Crippen MR) is 73.2 cm³/mol. The zero-order chi connectivity index (χ0) is 13.0. The highest BCUT2D eigenvalue weighted by molar-refractivity contribution is 5.45. The Morgan fingerprint density at radius 3 is 2.83 bits per heavy atom. The van der Waals surface area contributed by atoms with E-state index in [4.69, 9.17) is 5.73 Å². The van der Waals surface area contributed by atoms with E-state index in [1.807, 2.05) is 0 Å². The van der Waals surface area contributed by atoms with Crippen LogP contribution >= 0.6 is 0 Å². The van der Waals surface area contributed by atoms with Crippen molar-refractivity contribution in [1.82, 2.24) is 10.3 Å². The molecule has 0 amide bonds. The number of anilines is 1. The first-order valence-corrected chi connectivity index (χ1v) is 6.77. The van der Waals surface area contributed by atoms with Crippen LogP contribution in [0.25, 0.3) is 0 Å². The molecule has 1 aliphatic rings. The van der Waals surface area contributed by atoms with Crippen molar-refractivity contribution in [3.63, 3.8) is 0 Å². The van der Waals surface area contributed by atoms with Crippen molar-refractivity contribution in [2.75, 3.05) is 12.3 Å². The molecule has 4 heteroatoms. The lowest BCUT2D eigenvalue weighted by Gasteiger charge is -2.36. The lowest BCUT2D eigenvalue weighted by Crippen LogP contribution is -2.42. The maximum Gasteiger partial charge on any atom is 0.0690 e. The molecule has 0 atom stereocenters. The van der Waals surface area contributed by atoms with E-state index in [-0.39, 0.29) is 0 Å². The molecule has 1 saturated carbocycles. The van der Waals surface area contributed by atoms with Crippen LogP contribution in [0.2, 0.25) is 0 Å². The second kappa shape index (κ2) is 5.67. The molecule has 0 spiro atoms. The summed E-state index contributed by atoms with van der Waals surface area (Å²) in [6.07, 6.45) is 7.80. The summed E-state index contributed by atoms with van der Waals surface area (Å²) >= 11 is 0. The number of hydrogen-bond acceptors (Lipinski definition) is 4. The Morgan fingerprint density at radius 2 is 2.22 bits per heavy atom. The molecule has 1 aromatic heterocycles. The minimum absolute atomic E-state index is 0.557. The fourth-order valence-corrected chi connectivity index (χ4v) is 2.76. The van der Waals surface area contributed by atoms with Gasteiger partial charge in [-0.2, -0.15) is 0 Å². The Balaban J connectivity index is 1.96. The number of aromatic nitrogens is 1. The summed E-state index contributed by atoms with van der Waals surface area (Å²) in [5.74, 6) is 0. The van der Waals surface area contributed by atoms with Crippen molar-refractivity contribution in [1.29, 1.82) is 0 Å². The molecule has 4 nitrogen and oxygen atoms in total. The van der Waals surface area contributed by atoms with Crippen molar-refractivity contribution < 1.29 is 5.11 Å². The van der Waals surface area contributed by atoms with Gasteiger partial charge in [-0.1, -0.05) is 6.92 Å². The number of nitrogens with two attached hydrogens (primary N) is 1. The largest absolute Gasteiger partial charge is 0.398 e. The highest BCUT2D eigenvalue weighted by Crippen LogP contribution is 2.32. The van der Waals surface area contributed by atoms with Crippen molar-refractivity contribution in [3.05, 3.63) is 24.0 Å². The first kappa shape index (κ1) is 13.3. The van der Waals surface area contributed by atoms with Gasteiger partial charge in [0.15, 0.2) is 0 Å². The van der Waals surface area contributed by atoms with Gasteiger partial charge in [0.25, 0.3) is 0 Å².